The zero-order valence-electron chi connectivity index (χ0n) is 23.7. The maximum atomic E-state index is 2.37. The summed E-state index contributed by atoms with van der Waals surface area (Å²) >= 11 is 1.80. The summed E-state index contributed by atoms with van der Waals surface area (Å²) < 4.78 is 0. The summed E-state index contributed by atoms with van der Waals surface area (Å²) in [7, 11) is -0.243. The fraction of sp³-hybridized carbons (Fsp3) is 0.167. The van der Waals surface area contributed by atoms with Gasteiger partial charge in [0.25, 0.3) is 0 Å². The third kappa shape index (κ3) is 9.05. The Labute approximate surface area is 268 Å². The minimum absolute atomic E-state index is 0. The van der Waals surface area contributed by atoms with Crippen molar-refractivity contribution in [1.29, 1.82) is 0 Å². The number of hydrogen-bond acceptors (Lipinski definition) is 0. The van der Waals surface area contributed by atoms with Gasteiger partial charge in [-0.15, -0.1) is 69.1 Å². The van der Waals surface area contributed by atoms with Crippen LogP contribution in [0.25, 0.3) is 43.8 Å². The van der Waals surface area contributed by atoms with Crippen molar-refractivity contribution >= 4 is 31.5 Å². The third-order valence-corrected chi connectivity index (χ3v) is 6.61. The van der Waals surface area contributed by atoms with E-state index >= 15 is 0 Å². The van der Waals surface area contributed by atoms with Crippen LogP contribution in [0, 0.1) is 0 Å². The van der Waals surface area contributed by atoms with Crippen LogP contribution in [0.4, 0.5) is 0 Å². The van der Waals surface area contributed by atoms with Gasteiger partial charge >= 0.3 is 43.1 Å². The number of halogens is 2. The van der Waals surface area contributed by atoms with Crippen LogP contribution in [-0.2, 0) is 34.4 Å². The van der Waals surface area contributed by atoms with Gasteiger partial charge in [-0.3, -0.25) is 0 Å². The maximum Gasteiger partial charge on any atom is -1.00 e. The van der Waals surface area contributed by atoms with E-state index in [0.29, 0.717) is 0 Å². The fourth-order valence-corrected chi connectivity index (χ4v) is 4.74. The Morgan fingerprint density at radius 2 is 0.900 bits per heavy atom. The second-order valence-corrected chi connectivity index (χ2v) is 26.8. The Hall–Kier alpha value is -1.89. The van der Waals surface area contributed by atoms with Gasteiger partial charge in [-0.05, 0) is 24.0 Å². The van der Waals surface area contributed by atoms with Crippen molar-refractivity contribution < 1.29 is 46.4 Å². The molecule has 0 unspecified atom stereocenters. The van der Waals surface area contributed by atoms with E-state index in [9.17, 15) is 0 Å². The van der Waals surface area contributed by atoms with E-state index in [2.05, 4.69) is 147 Å². The normalized spacial score (nSPS) is 9.95. The van der Waals surface area contributed by atoms with E-state index in [4.69, 9.17) is 0 Å². The molecular weight excluding hydrogens is 667 g/mol. The van der Waals surface area contributed by atoms with E-state index in [1.54, 1.807) is 21.6 Å². The van der Waals surface area contributed by atoms with Crippen LogP contribution in [0.1, 0.15) is 25.0 Å². The summed E-state index contributed by atoms with van der Waals surface area (Å²) in [6.07, 6.45) is 2.20. The predicted molar refractivity (Wildman–Crippen MR) is 166 cm³/mol. The Morgan fingerprint density at radius 1 is 0.550 bits per heavy atom. The first-order valence-corrected chi connectivity index (χ1v) is 25.1. The second-order valence-electron chi connectivity index (χ2n) is 9.78. The van der Waals surface area contributed by atoms with Crippen LogP contribution in [0.3, 0.4) is 0 Å². The molecule has 0 amide bonds. The van der Waals surface area contributed by atoms with Crippen molar-refractivity contribution in [3.63, 3.8) is 0 Å². The largest absolute Gasteiger partial charge is 1.00 e. The van der Waals surface area contributed by atoms with Gasteiger partial charge < -0.3 is 24.8 Å². The molecular formula is C36H36Cl2GeZr-2. The SMILES string of the molecule is CCc1cc2c(-c3ccccc3)cccc2[cH-]1.CCc1cc2c(-c3ccccc3)cccc2[cH-]1.[CH3][Ge]([CH3])=[Zr+2].[Cl-].[Cl-]. The van der Waals surface area contributed by atoms with Gasteiger partial charge in [-0.1, -0.05) is 97.8 Å². The molecule has 0 bridgehead atoms. The molecule has 0 radical (unpaired) electrons. The van der Waals surface area contributed by atoms with Crippen molar-refractivity contribution in [3.8, 4) is 22.3 Å². The zero-order valence-corrected chi connectivity index (χ0v) is 29.8. The number of aryl methyl sites for hydroxylation is 2. The molecule has 0 aliphatic heterocycles. The molecule has 0 heterocycles. The minimum atomic E-state index is -0.243. The average molecular weight is 703 g/mol. The molecule has 0 saturated heterocycles. The van der Waals surface area contributed by atoms with E-state index in [-0.39, 0.29) is 34.8 Å². The molecule has 0 aliphatic rings. The summed E-state index contributed by atoms with van der Waals surface area (Å²) in [5.41, 5.74) is 8.11. The van der Waals surface area contributed by atoms with Crippen molar-refractivity contribution in [2.45, 2.75) is 38.2 Å². The monoisotopic (exact) mass is 702 g/mol. The van der Waals surface area contributed by atoms with Crippen LogP contribution >= 0.6 is 0 Å². The van der Waals surface area contributed by atoms with Gasteiger partial charge in [-0.25, -0.2) is 0 Å². The molecule has 0 atom stereocenters. The Balaban J connectivity index is 0.000000237. The van der Waals surface area contributed by atoms with Crippen molar-refractivity contribution in [2.24, 2.45) is 0 Å². The molecule has 6 rings (SSSR count). The Morgan fingerprint density at radius 3 is 1.23 bits per heavy atom. The minimum Gasteiger partial charge on any atom is -1.00 e. The van der Waals surface area contributed by atoms with Gasteiger partial charge in [0.15, 0.2) is 0 Å². The number of rotatable bonds is 4. The first-order chi connectivity index (χ1) is 18.5. The molecule has 40 heavy (non-hydrogen) atoms. The predicted octanol–water partition coefficient (Wildman–Crippen LogP) is 4.37. The molecule has 204 valence electrons. The molecule has 6 aromatic rings. The summed E-state index contributed by atoms with van der Waals surface area (Å²) in [5.74, 6) is 4.75. The van der Waals surface area contributed by atoms with Gasteiger partial charge in [-0.2, -0.15) is 12.1 Å². The van der Waals surface area contributed by atoms with Crippen LogP contribution in [-0.4, -0.2) is 9.98 Å². The first-order valence-electron chi connectivity index (χ1n) is 13.5. The third-order valence-electron chi connectivity index (χ3n) is 6.61. The van der Waals surface area contributed by atoms with Crippen LogP contribution in [0.2, 0.25) is 11.5 Å². The molecule has 0 aromatic heterocycles. The fourth-order valence-electron chi connectivity index (χ4n) is 4.74. The Kier molecular flexibility index (Phi) is 14.7. The molecule has 0 spiro atoms. The van der Waals surface area contributed by atoms with E-state index in [0.717, 1.165) is 12.8 Å². The summed E-state index contributed by atoms with van der Waals surface area (Å²) in [4.78, 5) is 0. The van der Waals surface area contributed by atoms with E-state index in [1.165, 1.54) is 54.9 Å². The summed E-state index contributed by atoms with van der Waals surface area (Å²) in [6.45, 7) is 4.41. The van der Waals surface area contributed by atoms with Gasteiger partial charge in [0, 0.05) is 0 Å². The van der Waals surface area contributed by atoms with Gasteiger partial charge in [0.2, 0.25) is 0 Å². The molecule has 0 aliphatic carbocycles. The number of fused-ring (bicyclic) bond motifs is 2. The molecule has 6 aromatic carbocycles. The van der Waals surface area contributed by atoms with Crippen molar-refractivity contribution in [1.82, 2.24) is 0 Å². The van der Waals surface area contributed by atoms with E-state index < -0.39 is 0 Å². The smallest absolute Gasteiger partial charge is 1.00 e. The zero-order chi connectivity index (χ0) is 26.9. The average Bonchev–Trinajstić information content (AvgIpc) is 3.58. The van der Waals surface area contributed by atoms with Gasteiger partial charge in [0.05, 0.1) is 0 Å². The van der Waals surface area contributed by atoms with Crippen LogP contribution in [0.5, 0.6) is 0 Å². The maximum absolute atomic E-state index is 2.37. The number of benzene rings is 4. The first kappa shape index (κ1) is 34.3. The number of hydrogen-bond donors (Lipinski definition) is 0. The van der Waals surface area contributed by atoms with Crippen LogP contribution < -0.4 is 24.8 Å². The molecule has 0 fully saturated rings. The summed E-state index contributed by atoms with van der Waals surface area (Å²) in [5, 5.41) is 5.44. The van der Waals surface area contributed by atoms with Gasteiger partial charge in [0.1, 0.15) is 0 Å². The topological polar surface area (TPSA) is 0 Å². The van der Waals surface area contributed by atoms with Crippen LogP contribution in [0.15, 0.2) is 121 Å². The molecule has 0 saturated carbocycles. The van der Waals surface area contributed by atoms with E-state index in [1.807, 2.05) is 0 Å². The summed E-state index contributed by atoms with van der Waals surface area (Å²) in [6, 6.07) is 43.5. The quantitative estimate of drug-likeness (QED) is 0.189. The molecule has 0 nitrogen and oxygen atoms in total. The van der Waals surface area contributed by atoms with Crippen molar-refractivity contribution in [3.05, 3.63) is 132 Å². The second kappa shape index (κ2) is 17.2. The Bertz CT molecular complexity index is 1490. The van der Waals surface area contributed by atoms with Crippen molar-refractivity contribution in [2.75, 3.05) is 0 Å². The molecule has 4 heteroatoms. The standard InChI is InChI=1S/2C17H15.C2H6Ge.2ClH.Zr/c2*1-2-13-11-15-9-6-10-16(17(15)12-13)14-7-4-3-5-8-14;1-3-2;;;/h2*3-12H,2H2,1H3;1-2H3;2*1H;/q2*-1;;;;+2/p-2. The molecule has 0 N–H and O–H groups in total.